The van der Waals surface area contributed by atoms with Crippen molar-refractivity contribution in [2.45, 2.75) is 0 Å². The number of imide groups is 2. The summed E-state index contributed by atoms with van der Waals surface area (Å²) in [5, 5.41) is 0. The van der Waals surface area contributed by atoms with Crippen molar-refractivity contribution >= 4 is 46.9 Å². The molecule has 25 heavy (non-hydrogen) atoms. The van der Waals surface area contributed by atoms with Gasteiger partial charge in [0.15, 0.2) is 0 Å². The standard InChI is InChI=1S/C16H6N2O7/c19-9-3-4-10(20)17(9)8-2-1-7-13(16(24)25-15(7)23)14(8)18-11(21)5-6-12(18)22/h1-6H. The Morgan fingerprint density at radius 1 is 0.640 bits per heavy atom. The molecule has 0 fully saturated rings. The van der Waals surface area contributed by atoms with E-state index in [1.807, 2.05) is 0 Å². The highest BCUT2D eigenvalue weighted by Gasteiger charge is 2.42. The van der Waals surface area contributed by atoms with Gasteiger partial charge in [-0.2, -0.15) is 0 Å². The number of fused-ring (bicyclic) bond motifs is 1. The van der Waals surface area contributed by atoms with Gasteiger partial charge in [-0.25, -0.2) is 19.4 Å². The van der Waals surface area contributed by atoms with Crippen LogP contribution in [0.25, 0.3) is 0 Å². The van der Waals surface area contributed by atoms with Gasteiger partial charge < -0.3 is 4.74 Å². The summed E-state index contributed by atoms with van der Waals surface area (Å²) in [6.45, 7) is 0. The third kappa shape index (κ3) is 1.89. The lowest BCUT2D eigenvalue weighted by Crippen LogP contribution is -2.36. The average Bonchev–Trinajstić information content (AvgIpc) is 3.17. The molecule has 0 saturated heterocycles. The Kier molecular flexibility index (Phi) is 2.83. The minimum atomic E-state index is -1.07. The second kappa shape index (κ2) is 4.81. The fourth-order valence-electron chi connectivity index (χ4n) is 2.81. The Morgan fingerprint density at radius 3 is 1.72 bits per heavy atom. The van der Waals surface area contributed by atoms with Gasteiger partial charge in [0.1, 0.15) is 5.56 Å². The van der Waals surface area contributed by atoms with Crippen LogP contribution in [0, 0.1) is 0 Å². The van der Waals surface area contributed by atoms with Gasteiger partial charge in [-0.05, 0) is 12.1 Å². The molecule has 0 atom stereocenters. The van der Waals surface area contributed by atoms with E-state index in [2.05, 4.69) is 4.74 Å². The van der Waals surface area contributed by atoms with E-state index in [4.69, 9.17) is 0 Å². The van der Waals surface area contributed by atoms with E-state index < -0.39 is 35.6 Å². The number of hydrogen-bond donors (Lipinski definition) is 0. The number of rotatable bonds is 2. The molecule has 0 aromatic heterocycles. The SMILES string of the molecule is O=C1OC(=O)c2c1ccc(N1C(=O)C=CC1=O)c2N1C(=O)C=CC1=O. The summed E-state index contributed by atoms with van der Waals surface area (Å²) >= 11 is 0. The number of carbonyl (C=O) groups is 6. The molecule has 3 aliphatic rings. The van der Waals surface area contributed by atoms with E-state index in [1.165, 1.54) is 12.1 Å². The zero-order valence-corrected chi connectivity index (χ0v) is 12.2. The van der Waals surface area contributed by atoms with Crippen LogP contribution in [-0.4, -0.2) is 35.6 Å². The van der Waals surface area contributed by atoms with E-state index >= 15 is 0 Å². The van der Waals surface area contributed by atoms with E-state index in [1.54, 1.807) is 0 Å². The van der Waals surface area contributed by atoms with Crippen molar-refractivity contribution in [1.29, 1.82) is 0 Å². The van der Waals surface area contributed by atoms with Gasteiger partial charge in [0.2, 0.25) is 0 Å². The molecule has 0 radical (unpaired) electrons. The molecule has 3 aliphatic heterocycles. The van der Waals surface area contributed by atoms with Crippen LogP contribution < -0.4 is 9.80 Å². The molecule has 0 saturated carbocycles. The smallest absolute Gasteiger partial charge is 0.349 e. The Labute approximate surface area is 138 Å². The number of cyclic esters (lactones) is 2. The number of amides is 4. The zero-order valence-electron chi connectivity index (χ0n) is 12.2. The number of anilines is 2. The first-order valence-electron chi connectivity index (χ1n) is 6.96. The van der Waals surface area contributed by atoms with Gasteiger partial charge in [-0.1, -0.05) is 0 Å². The number of nitrogens with zero attached hydrogens (tertiary/aromatic N) is 2. The molecule has 4 rings (SSSR count). The zero-order chi connectivity index (χ0) is 17.9. The number of benzene rings is 1. The van der Waals surface area contributed by atoms with E-state index in [0.29, 0.717) is 9.80 Å². The highest BCUT2D eigenvalue weighted by molar-refractivity contribution is 6.36. The van der Waals surface area contributed by atoms with Crippen LogP contribution >= 0.6 is 0 Å². The van der Waals surface area contributed by atoms with Gasteiger partial charge in [-0.15, -0.1) is 0 Å². The third-order valence-electron chi connectivity index (χ3n) is 3.85. The average molecular weight is 338 g/mol. The van der Waals surface area contributed by atoms with Gasteiger partial charge >= 0.3 is 11.9 Å². The van der Waals surface area contributed by atoms with Crippen LogP contribution in [0.2, 0.25) is 0 Å². The van der Waals surface area contributed by atoms with Crippen molar-refractivity contribution in [3.8, 4) is 0 Å². The summed E-state index contributed by atoms with van der Waals surface area (Å²) in [6, 6.07) is 2.40. The highest BCUT2D eigenvalue weighted by Crippen LogP contribution is 2.40. The number of ether oxygens (including phenoxy) is 1. The van der Waals surface area contributed by atoms with Gasteiger partial charge in [0, 0.05) is 24.3 Å². The van der Waals surface area contributed by atoms with Crippen LogP contribution in [0.15, 0.2) is 36.4 Å². The Morgan fingerprint density at radius 2 is 1.16 bits per heavy atom. The summed E-state index contributed by atoms with van der Waals surface area (Å²) in [5.41, 5.74) is -1.02. The van der Waals surface area contributed by atoms with Crippen molar-refractivity contribution in [3.63, 3.8) is 0 Å². The fraction of sp³-hybridized carbons (Fsp3) is 0. The highest BCUT2D eigenvalue weighted by atomic mass is 16.6. The van der Waals surface area contributed by atoms with E-state index in [0.717, 1.165) is 24.3 Å². The maximum atomic E-state index is 12.1. The van der Waals surface area contributed by atoms with Crippen molar-refractivity contribution in [2.75, 3.05) is 9.80 Å². The molecule has 0 unspecified atom stereocenters. The van der Waals surface area contributed by atoms with Crippen LogP contribution in [0.4, 0.5) is 11.4 Å². The summed E-state index contributed by atoms with van der Waals surface area (Å²) in [7, 11) is 0. The van der Waals surface area contributed by atoms with Crippen molar-refractivity contribution < 1.29 is 33.5 Å². The quantitative estimate of drug-likeness (QED) is 0.418. The predicted octanol–water partition coefficient (Wildman–Crippen LogP) is -0.144. The molecule has 1 aromatic rings. The van der Waals surface area contributed by atoms with Crippen LogP contribution in [0.3, 0.4) is 0 Å². The molecule has 4 amide bonds. The summed E-state index contributed by atoms with van der Waals surface area (Å²) in [5.74, 6) is -5.00. The number of esters is 2. The summed E-state index contributed by atoms with van der Waals surface area (Å²) in [4.78, 5) is 73.3. The largest absolute Gasteiger partial charge is 0.386 e. The fourth-order valence-corrected chi connectivity index (χ4v) is 2.81. The minimum absolute atomic E-state index is 0.164. The maximum absolute atomic E-state index is 12.1. The third-order valence-corrected chi connectivity index (χ3v) is 3.85. The normalized spacial score (nSPS) is 18.7. The van der Waals surface area contributed by atoms with Gasteiger partial charge in [-0.3, -0.25) is 19.2 Å². The Bertz CT molecular complexity index is 966. The molecule has 9 heteroatoms. The first-order chi connectivity index (χ1) is 11.9. The number of carbonyl (C=O) groups excluding carboxylic acids is 6. The minimum Gasteiger partial charge on any atom is -0.386 e. The molecule has 0 bridgehead atoms. The van der Waals surface area contributed by atoms with E-state index in [9.17, 15) is 28.8 Å². The maximum Gasteiger partial charge on any atom is 0.349 e. The molecule has 9 nitrogen and oxygen atoms in total. The lowest BCUT2D eigenvalue weighted by Gasteiger charge is -2.24. The lowest BCUT2D eigenvalue weighted by atomic mass is 10.0. The second-order valence-corrected chi connectivity index (χ2v) is 5.22. The Balaban J connectivity index is 2.02. The van der Waals surface area contributed by atoms with Crippen LogP contribution in [0.1, 0.15) is 20.7 Å². The first kappa shape index (κ1) is 14.7. The van der Waals surface area contributed by atoms with Crippen LogP contribution in [-0.2, 0) is 23.9 Å². The molecule has 0 aliphatic carbocycles. The van der Waals surface area contributed by atoms with Gasteiger partial charge in [0.25, 0.3) is 23.6 Å². The monoisotopic (exact) mass is 338 g/mol. The van der Waals surface area contributed by atoms with E-state index in [-0.39, 0.29) is 22.5 Å². The molecular weight excluding hydrogens is 332 g/mol. The van der Waals surface area contributed by atoms with Crippen molar-refractivity contribution in [1.82, 2.24) is 0 Å². The van der Waals surface area contributed by atoms with Gasteiger partial charge in [0.05, 0.1) is 16.9 Å². The molecule has 0 spiro atoms. The first-order valence-corrected chi connectivity index (χ1v) is 6.96. The molecule has 122 valence electrons. The second-order valence-electron chi connectivity index (χ2n) is 5.22. The Hall–Kier alpha value is -3.88. The molecule has 0 N–H and O–H groups in total. The van der Waals surface area contributed by atoms with Crippen LogP contribution in [0.5, 0.6) is 0 Å². The predicted molar refractivity (Wildman–Crippen MR) is 79.5 cm³/mol. The summed E-state index contributed by atoms with van der Waals surface area (Å²) < 4.78 is 4.52. The number of hydrogen-bond acceptors (Lipinski definition) is 7. The summed E-state index contributed by atoms with van der Waals surface area (Å²) in [6.07, 6.45) is 3.96. The molecular formula is C16H6N2O7. The van der Waals surface area contributed by atoms with Crippen molar-refractivity contribution in [2.24, 2.45) is 0 Å². The molecule has 1 aromatic carbocycles. The lowest BCUT2D eigenvalue weighted by molar-refractivity contribution is -0.122. The topological polar surface area (TPSA) is 118 Å². The molecule has 3 heterocycles. The van der Waals surface area contributed by atoms with Crippen molar-refractivity contribution in [3.05, 3.63) is 47.6 Å².